The molecule has 11 heteroatoms. The van der Waals surface area contributed by atoms with Crippen LogP contribution in [0.3, 0.4) is 0 Å². The number of nitrogens with one attached hydrogen (secondary N) is 1. The third-order valence-electron chi connectivity index (χ3n) is 7.07. The predicted molar refractivity (Wildman–Crippen MR) is 151 cm³/mol. The van der Waals surface area contributed by atoms with E-state index < -0.39 is 36.2 Å². The quantitative estimate of drug-likeness (QED) is 0.372. The molecule has 0 bridgehead atoms. The molecule has 3 aromatic rings. The van der Waals surface area contributed by atoms with Gasteiger partial charge in [0.1, 0.15) is 23.6 Å². The Hall–Kier alpha value is -3.31. The van der Waals surface area contributed by atoms with Gasteiger partial charge >= 0.3 is 12.1 Å². The van der Waals surface area contributed by atoms with E-state index in [1.165, 1.54) is 18.9 Å². The summed E-state index contributed by atoms with van der Waals surface area (Å²) >= 11 is 3.48. The second-order valence-electron chi connectivity index (χ2n) is 9.92. The Balaban J connectivity index is 1.90. The highest BCUT2D eigenvalue weighted by atomic mass is 79.9. The Morgan fingerprint density at radius 3 is 2.58 bits per heavy atom. The van der Waals surface area contributed by atoms with Gasteiger partial charge in [-0.15, -0.1) is 0 Å². The Kier molecular flexibility index (Phi) is 8.65. The highest BCUT2D eigenvalue weighted by Crippen LogP contribution is 2.39. The van der Waals surface area contributed by atoms with Crippen LogP contribution in [-0.4, -0.2) is 61.8 Å². The molecule has 0 aliphatic carbocycles. The van der Waals surface area contributed by atoms with Crippen LogP contribution >= 0.6 is 15.9 Å². The van der Waals surface area contributed by atoms with Crippen LogP contribution in [0.25, 0.3) is 10.8 Å². The number of likely N-dealkylation sites (N-methyl/N-ethyl adjacent to an activating group) is 1. The molecule has 2 amide bonds. The summed E-state index contributed by atoms with van der Waals surface area (Å²) in [5.74, 6) is -1.94. The molecule has 1 heterocycles. The minimum Gasteiger partial charge on any atom is -0.496 e. The number of ether oxygens (including phenoxy) is 2. The van der Waals surface area contributed by atoms with Crippen molar-refractivity contribution < 1.29 is 32.2 Å². The Morgan fingerprint density at radius 1 is 1.20 bits per heavy atom. The number of halogens is 4. The molecule has 0 saturated carbocycles. The molecule has 3 aromatic carbocycles. The number of hydrogen-bond donors (Lipinski definition) is 1. The summed E-state index contributed by atoms with van der Waals surface area (Å²) in [6, 6.07) is 12.5. The molecule has 214 valence electrons. The number of aryl methyl sites for hydroxylation is 1. The molecule has 0 radical (unpaired) electrons. The van der Waals surface area contributed by atoms with Crippen LogP contribution in [0.2, 0.25) is 0 Å². The summed E-state index contributed by atoms with van der Waals surface area (Å²) in [5.41, 5.74) is 1.90. The van der Waals surface area contributed by atoms with Crippen molar-refractivity contribution in [1.82, 2.24) is 10.2 Å². The molecule has 0 unspecified atom stereocenters. The van der Waals surface area contributed by atoms with Gasteiger partial charge in [0.2, 0.25) is 0 Å². The zero-order valence-corrected chi connectivity index (χ0v) is 24.4. The molecule has 1 aliphatic rings. The Bertz CT molecular complexity index is 1430. The van der Waals surface area contributed by atoms with Gasteiger partial charge < -0.3 is 24.6 Å². The third-order valence-corrected chi connectivity index (χ3v) is 7.56. The first-order chi connectivity index (χ1) is 18.8. The number of amides is 2. The average Bonchev–Trinajstić information content (AvgIpc) is 2.99. The van der Waals surface area contributed by atoms with Gasteiger partial charge in [-0.3, -0.25) is 9.59 Å². The molecular weight excluding hydrogens is 591 g/mol. The second kappa shape index (κ2) is 11.7. The molecule has 0 fully saturated rings. The van der Waals surface area contributed by atoms with E-state index in [0.717, 1.165) is 20.8 Å². The van der Waals surface area contributed by atoms with Gasteiger partial charge in [-0.2, -0.15) is 13.2 Å². The van der Waals surface area contributed by atoms with Crippen LogP contribution < -0.4 is 19.7 Å². The first-order valence-corrected chi connectivity index (χ1v) is 13.5. The van der Waals surface area contributed by atoms with Crippen molar-refractivity contribution in [2.24, 2.45) is 0 Å². The Morgan fingerprint density at radius 2 is 1.93 bits per heavy atom. The van der Waals surface area contributed by atoms with Crippen molar-refractivity contribution in [3.05, 3.63) is 64.1 Å². The number of methoxy groups -OCH3 is 1. The molecule has 0 saturated heterocycles. The normalized spacial score (nSPS) is 18.1. The molecule has 4 rings (SSSR count). The molecule has 3 atom stereocenters. The lowest BCUT2D eigenvalue weighted by atomic mass is 10.0. The van der Waals surface area contributed by atoms with Crippen molar-refractivity contribution in [3.63, 3.8) is 0 Å². The summed E-state index contributed by atoms with van der Waals surface area (Å²) in [4.78, 5) is 29.1. The van der Waals surface area contributed by atoms with Crippen LogP contribution in [0.5, 0.6) is 11.5 Å². The van der Waals surface area contributed by atoms with E-state index in [0.29, 0.717) is 27.6 Å². The SMILES string of the molecule is CN[C@@H](C)CN(C(=O)C(F)(F)F)[C@@H]1C(=O)N(Cc2c(OC)ccc3cc(Br)ccc23)c2ccc(C)cc2O[C@H]1C. The first-order valence-electron chi connectivity index (χ1n) is 12.7. The Labute approximate surface area is 239 Å². The highest BCUT2D eigenvalue weighted by Gasteiger charge is 2.50. The van der Waals surface area contributed by atoms with Crippen LogP contribution in [0.1, 0.15) is 25.0 Å². The maximum atomic E-state index is 14.4. The highest BCUT2D eigenvalue weighted by molar-refractivity contribution is 9.10. The fourth-order valence-corrected chi connectivity index (χ4v) is 5.34. The summed E-state index contributed by atoms with van der Waals surface area (Å²) in [6.45, 7) is 4.61. The number of carbonyl (C=O) groups excluding carboxylic acids is 2. The largest absolute Gasteiger partial charge is 0.496 e. The molecule has 1 aliphatic heterocycles. The van der Waals surface area contributed by atoms with E-state index in [9.17, 15) is 22.8 Å². The van der Waals surface area contributed by atoms with Gasteiger partial charge in [-0.1, -0.05) is 34.1 Å². The van der Waals surface area contributed by atoms with Crippen molar-refractivity contribution in [2.75, 3.05) is 25.6 Å². The van der Waals surface area contributed by atoms with Gasteiger partial charge in [-0.25, -0.2) is 0 Å². The smallest absolute Gasteiger partial charge is 0.471 e. The topological polar surface area (TPSA) is 71.1 Å². The van der Waals surface area contributed by atoms with Gasteiger partial charge in [-0.05, 0) is 74.5 Å². The summed E-state index contributed by atoms with van der Waals surface area (Å²) in [6.07, 6.45) is -6.25. The lowest BCUT2D eigenvalue weighted by molar-refractivity contribution is -0.190. The number of hydrogen-bond acceptors (Lipinski definition) is 5. The van der Waals surface area contributed by atoms with Crippen LogP contribution in [0.4, 0.5) is 18.9 Å². The van der Waals surface area contributed by atoms with E-state index in [4.69, 9.17) is 9.47 Å². The maximum Gasteiger partial charge on any atom is 0.471 e. The second-order valence-corrected chi connectivity index (χ2v) is 10.8. The van der Waals surface area contributed by atoms with Gasteiger partial charge in [0, 0.05) is 22.6 Å². The molecule has 7 nitrogen and oxygen atoms in total. The number of anilines is 1. The molecule has 0 aromatic heterocycles. The van der Waals surface area contributed by atoms with Gasteiger partial charge in [0.25, 0.3) is 5.91 Å². The number of rotatable bonds is 7. The van der Waals surface area contributed by atoms with Crippen LogP contribution in [-0.2, 0) is 16.1 Å². The predicted octanol–water partition coefficient (Wildman–Crippen LogP) is 5.60. The number of fused-ring (bicyclic) bond motifs is 2. The average molecular weight is 622 g/mol. The zero-order chi connectivity index (χ0) is 29.4. The van der Waals surface area contributed by atoms with Crippen LogP contribution in [0.15, 0.2) is 53.0 Å². The lowest BCUT2D eigenvalue weighted by Gasteiger charge is -2.36. The standard InChI is InChI=1S/C29H31BrF3N3O4/c1-16-6-10-23-25(12-16)40-18(3)26(36(14-17(2)34-4)28(38)29(31,32)33)27(37)35(23)15-22-21-9-8-20(30)13-19(21)7-11-24(22)39-5/h6-13,17-18,26,34H,14-15H2,1-5H3/t17-,18-,26-/m0/s1. The third kappa shape index (κ3) is 5.90. The molecule has 40 heavy (non-hydrogen) atoms. The van der Waals surface area contributed by atoms with E-state index in [2.05, 4.69) is 21.2 Å². The van der Waals surface area contributed by atoms with Crippen molar-refractivity contribution in [2.45, 2.75) is 51.7 Å². The molecule has 0 spiro atoms. The van der Waals surface area contributed by atoms with E-state index in [1.54, 1.807) is 38.2 Å². The van der Waals surface area contributed by atoms with Gasteiger partial charge in [0.05, 0.1) is 19.3 Å². The van der Waals surface area contributed by atoms with E-state index in [1.807, 2.05) is 31.2 Å². The fourth-order valence-electron chi connectivity index (χ4n) is 4.96. The monoisotopic (exact) mass is 621 g/mol. The number of carbonyl (C=O) groups is 2. The van der Waals surface area contributed by atoms with Crippen molar-refractivity contribution >= 4 is 44.2 Å². The number of alkyl halides is 3. The van der Waals surface area contributed by atoms with E-state index in [-0.39, 0.29) is 13.1 Å². The molecule has 1 N–H and O–H groups in total. The van der Waals surface area contributed by atoms with Crippen molar-refractivity contribution in [1.29, 1.82) is 0 Å². The number of benzene rings is 3. The molecular formula is C29H31BrF3N3O4. The maximum absolute atomic E-state index is 14.4. The summed E-state index contributed by atoms with van der Waals surface area (Å²) in [5, 5.41) is 4.55. The van der Waals surface area contributed by atoms with E-state index >= 15 is 0 Å². The number of nitrogens with zero attached hydrogens (tertiary/aromatic N) is 2. The minimum absolute atomic E-state index is 0.0285. The fraction of sp³-hybridized carbons (Fsp3) is 0.379. The minimum atomic E-state index is -5.18. The summed E-state index contributed by atoms with van der Waals surface area (Å²) in [7, 11) is 3.09. The first kappa shape index (κ1) is 29.7. The summed E-state index contributed by atoms with van der Waals surface area (Å²) < 4.78 is 54.1. The lowest BCUT2D eigenvalue weighted by Crippen LogP contribution is -2.60. The van der Waals surface area contributed by atoms with Gasteiger partial charge in [0.15, 0.2) is 0 Å². The van der Waals surface area contributed by atoms with Crippen LogP contribution in [0, 0.1) is 6.92 Å². The van der Waals surface area contributed by atoms with Crippen molar-refractivity contribution in [3.8, 4) is 11.5 Å². The zero-order valence-electron chi connectivity index (χ0n) is 22.8.